The van der Waals surface area contributed by atoms with Crippen molar-refractivity contribution in [3.8, 4) is 0 Å². The van der Waals surface area contributed by atoms with E-state index in [9.17, 15) is 19.1 Å². The highest BCUT2D eigenvalue weighted by molar-refractivity contribution is 5.89. The monoisotopic (exact) mass is 441 g/mol. The fraction of sp³-hybridized carbons (Fsp3) is 0.435. The van der Waals surface area contributed by atoms with E-state index < -0.39 is 18.0 Å². The van der Waals surface area contributed by atoms with Gasteiger partial charge in [-0.2, -0.15) is 0 Å². The number of piperidine rings is 1. The third-order valence-corrected chi connectivity index (χ3v) is 6.15. The number of para-hydroxylation sites is 1. The fourth-order valence-electron chi connectivity index (χ4n) is 4.47. The van der Waals surface area contributed by atoms with Gasteiger partial charge in [0, 0.05) is 44.6 Å². The number of aromatic nitrogens is 1. The average molecular weight is 442 g/mol. The number of β-amino-alcohol motifs (C(OH)–C–C–N with tert-alkyl or cyclic N) is 1. The van der Waals surface area contributed by atoms with Gasteiger partial charge < -0.3 is 20.6 Å². The number of anilines is 1. The van der Waals surface area contributed by atoms with Crippen LogP contribution in [0.25, 0.3) is 0 Å². The molecule has 0 bridgehead atoms. The Bertz CT molecular complexity index is 936. The van der Waals surface area contributed by atoms with Crippen molar-refractivity contribution in [3.05, 3.63) is 60.2 Å². The van der Waals surface area contributed by atoms with Crippen molar-refractivity contribution < 1.29 is 19.1 Å². The fourth-order valence-corrected chi connectivity index (χ4v) is 4.47. The number of carbonyl (C=O) groups is 2. The van der Waals surface area contributed by atoms with E-state index in [4.69, 9.17) is 0 Å². The first-order valence-electron chi connectivity index (χ1n) is 10.9. The van der Waals surface area contributed by atoms with Crippen molar-refractivity contribution in [3.63, 3.8) is 0 Å². The van der Waals surface area contributed by atoms with E-state index in [1.165, 1.54) is 12.1 Å². The number of hydrogen-bond donors (Lipinski definition) is 3. The second-order valence-corrected chi connectivity index (χ2v) is 8.31. The molecule has 1 aromatic heterocycles. The van der Waals surface area contributed by atoms with Crippen LogP contribution in [-0.2, 0) is 11.3 Å². The molecule has 3 amide bonds. The number of halogens is 1. The van der Waals surface area contributed by atoms with Gasteiger partial charge in [0.1, 0.15) is 5.82 Å². The molecule has 2 aliphatic rings. The van der Waals surface area contributed by atoms with Gasteiger partial charge in [-0.1, -0.05) is 18.2 Å². The van der Waals surface area contributed by atoms with Gasteiger partial charge in [-0.05, 0) is 43.0 Å². The van der Waals surface area contributed by atoms with Crippen LogP contribution >= 0.6 is 0 Å². The highest BCUT2D eigenvalue weighted by atomic mass is 19.1. The number of likely N-dealkylation sites (tertiary alicyclic amines) is 2. The maximum Gasteiger partial charge on any atom is 0.321 e. The second kappa shape index (κ2) is 10.1. The van der Waals surface area contributed by atoms with Crippen LogP contribution in [0.1, 0.15) is 24.8 Å². The molecule has 32 heavy (non-hydrogen) atoms. The summed E-state index contributed by atoms with van der Waals surface area (Å²) in [5.41, 5.74) is 1.08. The van der Waals surface area contributed by atoms with E-state index in [0.29, 0.717) is 45.4 Å². The molecule has 0 saturated carbocycles. The zero-order valence-electron chi connectivity index (χ0n) is 17.8. The quantitative estimate of drug-likeness (QED) is 0.659. The average Bonchev–Trinajstić information content (AvgIpc) is 3.21. The highest BCUT2D eigenvalue weighted by Gasteiger charge is 2.41. The summed E-state index contributed by atoms with van der Waals surface area (Å²) in [7, 11) is 0. The zero-order chi connectivity index (χ0) is 22.5. The zero-order valence-corrected chi connectivity index (χ0v) is 17.8. The molecular formula is C23H28FN5O3. The van der Waals surface area contributed by atoms with Crippen LogP contribution in [0, 0.1) is 5.82 Å². The number of nitrogens with zero attached hydrogens (tertiary/aromatic N) is 3. The van der Waals surface area contributed by atoms with Gasteiger partial charge in [0.25, 0.3) is 0 Å². The predicted octanol–water partition coefficient (Wildman–Crippen LogP) is 1.97. The first-order valence-corrected chi connectivity index (χ1v) is 10.9. The lowest BCUT2D eigenvalue weighted by Crippen LogP contribution is -2.52. The van der Waals surface area contributed by atoms with Gasteiger partial charge >= 0.3 is 6.03 Å². The summed E-state index contributed by atoms with van der Waals surface area (Å²) < 4.78 is 13.8. The summed E-state index contributed by atoms with van der Waals surface area (Å²) in [4.78, 5) is 33.1. The van der Waals surface area contributed by atoms with E-state index in [2.05, 4.69) is 20.5 Å². The molecule has 2 aliphatic heterocycles. The van der Waals surface area contributed by atoms with Gasteiger partial charge in [0.2, 0.25) is 5.91 Å². The molecule has 8 nitrogen and oxygen atoms in total. The first-order chi connectivity index (χ1) is 15.5. The summed E-state index contributed by atoms with van der Waals surface area (Å²) in [6, 6.07) is 9.16. The van der Waals surface area contributed by atoms with Crippen LogP contribution < -0.4 is 10.6 Å². The maximum absolute atomic E-state index is 13.8. The molecule has 3 heterocycles. The molecule has 2 atom stereocenters. The van der Waals surface area contributed by atoms with Crippen molar-refractivity contribution in [2.24, 2.45) is 0 Å². The standard InChI is InChI=1S/C23H28FN5O3/c24-19-5-1-2-6-20(19)27-23(32)28-10-7-17(8-11-28)29-15-18(30)12-21(29)22(31)26-14-16-4-3-9-25-13-16/h1-6,9,13,17-18,21,30H,7-8,10-12,14-15H2,(H,26,31)(H,27,32)/t18-,21+/m1/s1. The van der Waals surface area contributed by atoms with Crippen LogP contribution in [-0.4, -0.2) is 69.7 Å². The minimum Gasteiger partial charge on any atom is -0.392 e. The number of pyridine rings is 1. The molecule has 2 saturated heterocycles. The molecule has 2 fully saturated rings. The Morgan fingerprint density at radius 2 is 1.94 bits per heavy atom. The number of carbonyl (C=O) groups excluding carboxylic acids is 2. The van der Waals surface area contributed by atoms with Gasteiger partial charge in [-0.25, -0.2) is 9.18 Å². The lowest BCUT2D eigenvalue weighted by molar-refractivity contribution is -0.126. The van der Waals surface area contributed by atoms with Crippen molar-refractivity contribution in [2.45, 2.75) is 44.0 Å². The van der Waals surface area contributed by atoms with Crippen LogP contribution in [0.15, 0.2) is 48.8 Å². The third kappa shape index (κ3) is 5.23. The summed E-state index contributed by atoms with van der Waals surface area (Å²) in [6.07, 6.45) is 4.61. The molecule has 170 valence electrons. The van der Waals surface area contributed by atoms with Crippen molar-refractivity contribution in [1.29, 1.82) is 0 Å². The summed E-state index contributed by atoms with van der Waals surface area (Å²) in [5.74, 6) is -0.577. The van der Waals surface area contributed by atoms with Gasteiger partial charge in [0.05, 0.1) is 17.8 Å². The van der Waals surface area contributed by atoms with E-state index in [-0.39, 0.29) is 23.7 Å². The van der Waals surface area contributed by atoms with Crippen molar-refractivity contribution in [2.75, 3.05) is 25.0 Å². The second-order valence-electron chi connectivity index (χ2n) is 8.31. The maximum atomic E-state index is 13.8. The molecule has 2 aromatic rings. The van der Waals surface area contributed by atoms with Crippen molar-refractivity contribution >= 4 is 17.6 Å². The summed E-state index contributed by atoms with van der Waals surface area (Å²) in [5, 5.41) is 15.8. The molecule has 0 spiro atoms. The normalized spacial score (nSPS) is 22.0. The molecule has 3 N–H and O–H groups in total. The van der Waals surface area contributed by atoms with E-state index in [1.807, 2.05) is 12.1 Å². The predicted molar refractivity (Wildman–Crippen MR) is 117 cm³/mol. The lowest BCUT2D eigenvalue weighted by atomic mass is 10.0. The molecular weight excluding hydrogens is 413 g/mol. The number of aliphatic hydroxyl groups is 1. The third-order valence-electron chi connectivity index (χ3n) is 6.15. The largest absolute Gasteiger partial charge is 0.392 e. The van der Waals surface area contributed by atoms with Gasteiger partial charge in [-0.3, -0.25) is 14.7 Å². The Balaban J connectivity index is 1.31. The smallest absolute Gasteiger partial charge is 0.321 e. The number of urea groups is 1. The Morgan fingerprint density at radius 3 is 2.66 bits per heavy atom. The molecule has 0 aliphatic carbocycles. The van der Waals surface area contributed by atoms with Crippen molar-refractivity contribution in [1.82, 2.24) is 20.1 Å². The van der Waals surface area contributed by atoms with Gasteiger partial charge in [0.15, 0.2) is 0 Å². The number of hydrogen-bond acceptors (Lipinski definition) is 5. The minimum atomic E-state index is -0.550. The van der Waals surface area contributed by atoms with Gasteiger partial charge in [-0.15, -0.1) is 0 Å². The molecule has 1 aromatic carbocycles. The molecule has 0 radical (unpaired) electrons. The number of amides is 3. The topological polar surface area (TPSA) is 97.8 Å². The number of rotatable bonds is 5. The Morgan fingerprint density at radius 1 is 1.16 bits per heavy atom. The van der Waals surface area contributed by atoms with E-state index >= 15 is 0 Å². The number of nitrogens with one attached hydrogen (secondary N) is 2. The van der Waals surface area contributed by atoms with E-state index in [1.54, 1.807) is 29.4 Å². The molecule has 9 heteroatoms. The number of aliphatic hydroxyl groups excluding tert-OH is 1. The molecule has 0 unspecified atom stereocenters. The van der Waals surface area contributed by atoms with E-state index in [0.717, 1.165) is 5.56 Å². The summed E-state index contributed by atoms with van der Waals surface area (Å²) in [6.45, 7) is 1.84. The molecule has 4 rings (SSSR count). The van der Waals surface area contributed by atoms with Crippen LogP contribution in [0.3, 0.4) is 0 Å². The Kier molecular flexibility index (Phi) is 6.96. The first kappa shape index (κ1) is 22.2. The lowest BCUT2D eigenvalue weighted by Gasteiger charge is -2.38. The minimum absolute atomic E-state index is 0.0961. The number of benzene rings is 1. The Hall–Kier alpha value is -3.04. The SMILES string of the molecule is O=C(NCc1cccnc1)[C@@H]1C[C@@H](O)CN1C1CCN(C(=O)Nc2ccccc2F)CC1. The van der Waals surface area contributed by atoms with Crippen LogP contribution in [0.2, 0.25) is 0 Å². The Labute approximate surface area is 186 Å². The summed E-state index contributed by atoms with van der Waals surface area (Å²) >= 11 is 0. The van der Waals surface area contributed by atoms with Crippen LogP contribution in [0.5, 0.6) is 0 Å². The van der Waals surface area contributed by atoms with Crippen LogP contribution in [0.4, 0.5) is 14.9 Å². The highest BCUT2D eigenvalue weighted by Crippen LogP contribution is 2.27.